The van der Waals surface area contributed by atoms with Gasteiger partial charge in [-0.25, -0.2) is 13.4 Å². The van der Waals surface area contributed by atoms with Crippen LogP contribution in [-0.2, 0) is 16.6 Å². The number of nitrogens with two attached hydrogens (primary N) is 1. The zero-order chi connectivity index (χ0) is 14.9. The van der Waals surface area contributed by atoms with Crippen LogP contribution in [0.5, 0.6) is 0 Å². The van der Waals surface area contributed by atoms with Gasteiger partial charge in [0.05, 0.1) is 0 Å². The van der Waals surface area contributed by atoms with E-state index >= 15 is 0 Å². The molecule has 8 heteroatoms. The largest absolute Gasteiger partial charge is 0.326 e. The Labute approximate surface area is 130 Å². The van der Waals surface area contributed by atoms with Crippen molar-refractivity contribution < 1.29 is 8.42 Å². The van der Waals surface area contributed by atoms with Crippen molar-refractivity contribution in [3.63, 3.8) is 0 Å². The van der Waals surface area contributed by atoms with Gasteiger partial charge in [-0.3, -0.25) is 4.72 Å². The highest BCUT2D eigenvalue weighted by molar-refractivity contribution is 9.10. The van der Waals surface area contributed by atoms with Crippen LogP contribution in [0.15, 0.2) is 27.0 Å². The molecule has 20 heavy (non-hydrogen) atoms. The van der Waals surface area contributed by atoms with E-state index in [-0.39, 0.29) is 11.4 Å². The Morgan fingerprint density at radius 2 is 2.10 bits per heavy atom. The highest BCUT2D eigenvalue weighted by atomic mass is 79.9. The summed E-state index contributed by atoms with van der Waals surface area (Å²) in [4.78, 5) is 4.95. The molecule has 2 rings (SSSR count). The topological polar surface area (TPSA) is 85.1 Å². The van der Waals surface area contributed by atoms with Gasteiger partial charge in [0.1, 0.15) is 10.7 Å². The van der Waals surface area contributed by atoms with E-state index in [1.807, 2.05) is 6.92 Å². The first-order valence-electron chi connectivity index (χ1n) is 5.77. The summed E-state index contributed by atoms with van der Waals surface area (Å²) in [7, 11) is -3.67. The van der Waals surface area contributed by atoms with Gasteiger partial charge in [0, 0.05) is 22.1 Å². The lowest BCUT2D eigenvalue weighted by Gasteiger charge is -2.10. The Balaban J connectivity index is 2.40. The van der Waals surface area contributed by atoms with Gasteiger partial charge in [0.15, 0.2) is 0 Å². The summed E-state index contributed by atoms with van der Waals surface area (Å²) < 4.78 is 28.2. The predicted molar refractivity (Wildman–Crippen MR) is 84.4 cm³/mol. The van der Waals surface area contributed by atoms with Crippen LogP contribution in [0.2, 0.25) is 0 Å². The molecule has 3 N–H and O–H groups in total. The lowest BCUT2D eigenvalue weighted by molar-refractivity contribution is 0.600. The number of thiophene rings is 1. The molecule has 2 aromatic rings. The second-order valence-corrected chi connectivity index (χ2v) is 7.74. The molecule has 0 bridgehead atoms. The normalized spacial score (nSPS) is 11.6. The molecule has 0 atom stereocenters. The zero-order valence-electron chi connectivity index (χ0n) is 11.0. The third kappa shape index (κ3) is 3.03. The van der Waals surface area contributed by atoms with E-state index in [1.54, 1.807) is 24.6 Å². The van der Waals surface area contributed by atoms with E-state index in [1.165, 1.54) is 11.3 Å². The number of halogens is 1. The van der Waals surface area contributed by atoms with E-state index in [0.717, 1.165) is 10.0 Å². The van der Waals surface area contributed by atoms with Gasteiger partial charge in [-0.2, -0.15) is 0 Å². The van der Waals surface area contributed by atoms with E-state index in [2.05, 4.69) is 25.6 Å². The first-order chi connectivity index (χ1) is 9.35. The zero-order valence-corrected chi connectivity index (χ0v) is 14.2. The lowest BCUT2D eigenvalue weighted by Crippen LogP contribution is -2.16. The van der Waals surface area contributed by atoms with Crippen molar-refractivity contribution in [3.05, 3.63) is 38.1 Å². The summed E-state index contributed by atoms with van der Waals surface area (Å²) in [5.41, 5.74) is 7.19. The molecule has 0 saturated heterocycles. The molecule has 0 aliphatic heterocycles. The number of sulfonamides is 1. The van der Waals surface area contributed by atoms with Crippen LogP contribution >= 0.6 is 27.3 Å². The van der Waals surface area contributed by atoms with Crippen LogP contribution in [0.4, 0.5) is 5.82 Å². The van der Waals surface area contributed by atoms with E-state index < -0.39 is 10.0 Å². The summed E-state index contributed by atoms with van der Waals surface area (Å²) in [5, 5.41) is 1.79. The number of nitrogens with one attached hydrogen (secondary N) is 1. The Morgan fingerprint density at radius 1 is 1.40 bits per heavy atom. The summed E-state index contributed by atoms with van der Waals surface area (Å²) in [5.74, 6) is 0.291. The molecule has 0 amide bonds. The van der Waals surface area contributed by atoms with Crippen molar-refractivity contribution in [2.45, 2.75) is 25.3 Å². The van der Waals surface area contributed by atoms with Crippen LogP contribution in [0.1, 0.15) is 16.0 Å². The molecule has 0 aromatic carbocycles. The average molecular weight is 376 g/mol. The molecule has 0 radical (unpaired) electrons. The highest BCUT2D eigenvalue weighted by Crippen LogP contribution is 2.28. The SMILES string of the molecule is Cc1cc(NS(=O)(=O)c2c(C)csc2CN)ncc1Br. The smallest absolute Gasteiger partial charge is 0.264 e. The number of hydrogen-bond donors (Lipinski definition) is 2. The molecule has 108 valence electrons. The quantitative estimate of drug-likeness (QED) is 0.859. The van der Waals surface area contributed by atoms with Gasteiger partial charge < -0.3 is 5.73 Å². The number of anilines is 1. The van der Waals surface area contributed by atoms with Crippen molar-refractivity contribution in [1.29, 1.82) is 0 Å². The molecule has 0 aliphatic rings. The van der Waals surface area contributed by atoms with Gasteiger partial charge in [0.25, 0.3) is 10.0 Å². The minimum Gasteiger partial charge on any atom is -0.326 e. The van der Waals surface area contributed by atoms with Crippen molar-refractivity contribution in [3.8, 4) is 0 Å². The highest BCUT2D eigenvalue weighted by Gasteiger charge is 2.23. The Morgan fingerprint density at radius 3 is 2.70 bits per heavy atom. The van der Waals surface area contributed by atoms with E-state index in [9.17, 15) is 8.42 Å². The molecule has 0 fully saturated rings. The number of aryl methyl sites for hydroxylation is 2. The number of aromatic nitrogens is 1. The fourth-order valence-corrected chi connectivity index (χ4v) is 4.69. The van der Waals surface area contributed by atoms with Crippen molar-refractivity contribution in [2.24, 2.45) is 5.73 Å². The van der Waals surface area contributed by atoms with Gasteiger partial charge in [0.2, 0.25) is 0 Å². The lowest BCUT2D eigenvalue weighted by atomic mass is 10.3. The first kappa shape index (κ1) is 15.4. The van der Waals surface area contributed by atoms with Crippen molar-refractivity contribution in [1.82, 2.24) is 4.98 Å². The molecular formula is C12H14BrN3O2S2. The minimum atomic E-state index is -3.67. The van der Waals surface area contributed by atoms with Gasteiger partial charge in [-0.05, 0) is 52.4 Å². The summed E-state index contributed by atoms with van der Waals surface area (Å²) >= 11 is 4.67. The molecular weight excluding hydrogens is 362 g/mol. The van der Waals surface area contributed by atoms with Crippen molar-refractivity contribution >= 4 is 43.1 Å². The molecule has 0 unspecified atom stereocenters. The molecule has 0 spiro atoms. The van der Waals surface area contributed by atoms with Crippen LogP contribution in [0, 0.1) is 13.8 Å². The standard InChI is InChI=1S/C12H14BrN3O2S2/c1-7-3-11(15-5-9(7)13)16-20(17,18)12-8(2)6-19-10(12)4-14/h3,5-6H,4,14H2,1-2H3,(H,15,16). The molecule has 0 aliphatic carbocycles. The fraction of sp³-hybridized carbons (Fsp3) is 0.250. The maximum atomic E-state index is 12.4. The molecule has 5 nitrogen and oxygen atoms in total. The first-order valence-corrected chi connectivity index (χ1v) is 8.92. The monoisotopic (exact) mass is 375 g/mol. The minimum absolute atomic E-state index is 0.196. The Kier molecular flexibility index (Phi) is 4.48. The summed E-state index contributed by atoms with van der Waals surface area (Å²) in [6.45, 7) is 3.82. The van der Waals surface area contributed by atoms with Gasteiger partial charge in [-0.1, -0.05) is 0 Å². The summed E-state index contributed by atoms with van der Waals surface area (Å²) in [6.07, 6.45) is 1.57. The number of hydrogen-bond acceptors (Lipinski definition) is 5. The van der Waals surface area contributed by atoms with E-state index in [0.29, 0.717) is 16.3 Å². The number of nitrogens with zero attached hydrogens (tertiary/aromatic N) is 1. The van der Waals surface area contributed by atoms with Gasteiger partial charge in [-0.15, -0.1) is 11.3 Å². The fourth-order valence-electron chi connectivity index (χ4n) is 1.77. The second kappa shape index (κ2) is 5.80. The number of rotatable bonds is 4. The summed E-state index contributed by atoms with van der Waals surface area (Å²) in [6, 6.07) is 1.67. The molecule has 2 aromatic heterocycles. The Bertz CT molecular complexity index is 741. The van der Waals surface area contributed by atoms with Crippen LogP contribution in [0.25, 0.3) is 0 Å². The predicted octanol–water partition coefficient (Wildman–Crippen LogP) is 2.78. The molecule has 0 saturated carbocycles. The maximum absolute atomic E-state index is 12.4. The van der Waals surface area contributed by atoms with E-state index in [4.69, 9.17) is 5.73 Å². The van der Waals surface area contributed by atoms with Crippen LogP contribution < -0.4 is 10.5 Å². The van der Waals surface area contributed by atoms with Crippen molar-refractivity contribution in [2.75, 3.05) is 4.72 Å². The van der Waals surface area contributed by atoms with Gasteiger partial charge >= 0.3 is 0 Å². The third-order valence-electron chi connectivity index (χ3n) is 2.73. The Hall–Kier alpha value is -0.960. The average Bonchev–Trinajstić information content (AvgIpc) is 2.75. The van der Waals surface area contributed by atoms with Crippen LogP contribution in [-0.4, -0.2) is 13.4 Å². The third-order valence-corrected chi connectivity index (χ3v) is 6.40. The second-order valence-electron chi connectivity index (χ2n) is 4.30. The maximum Gasteiger partial charge on any atom is 0.264 e. The number of pyridine rings is 1. The molecule has 2 heterocycles. The van der Waals surface area contributed by atoms with Crippen LogP contribution in [0.3, 0.4) is 0 Å².